The van der Waals surface area contributed by atoms with Gasteiger partial charge in [0.15, 0.2) is 36.6 Å². The molecule has 2 saturated heterocycles. The third kappa shape index (κ3) is 16.0. The molecule has 3 aromatic carbocycles. The average Bonchev–Trinajstić information content (AvgIpc) is 3.95. The van der Waals surface area contributed by atoms with Gasteiger partial charge in [0.05, 0.1) is 52.0 Å². The molecule has 1 aliphatic carbocycles. The minimum Gasteiger partial charge on any atom is -0.497 e. The highest BCUT2D eigenvalue weighted by Gasteiger charge is 2.62. The number of phosphoric ester groups is 1. The molecule has 6 rings (SSSR count). The number of ether oxygens (including phenoxy) is 7. The van der Waals surface area contributed by atoms with E-state index in [-0.39, 0.29) is 42.3 Å². The molecule has 3 amide bonds. The van der Waals surface area contributed by atoms with Gasteiger partial charge in [0, 0.05) is 58.6 Å². The van der Waals surface area contributed by atoms with E-state index in [0.717, 1.165) is 69.9 Å². The Labute approximate surface area is 470 Å². The second kappa shape index (κ2) is 29.7. The van der Waals surface area contributed by atoms with Crippen molar-refractivity contribution in [1.29, 1.82) is 5.26 Å². The Balaban J connectivity index is 1.01. The fourth-order valence-electron chi connectivity index (χ4n) is 10.4. The first-order valence-corrected chi connectivity index (χ1v) is 29.0. The fraction of sp³-hybridized carbons (Fsp3) is 0.536. The maximum absolute atomic E-state index is 14.5. The molecule has 0 aromatic heterocycles. The van der Waals surface area contributed by atoms with Gasteiger partial charge in [0.2, 0.25) is 5.91 Å². The fourth-order valence-corrected chi connectivity index (χ4v) is 13.4. The average molecular weight is 1150 g/mol. The summed E-state index contributed by atoms with van der Waals surface area (Å²) in [7, 11) is -1.56. The van der Waals surface area contributed by atoms with Crippen molar-refractivity contribution in [3.05, 3.63) is 95.6 Å². The summed E-state index contributed by atoms with van der Waals surface area (Å²) in [5, 5.41) is 15.7. The van der Waals surface area contributed by atoms with E-state index < -0.39 is 86.4 Å². The Hall–Kier alpha value is -6.70. The van der Waals surface area contributed by atoms with Crippen LogP contribution in [0, 0.1) is 11.3 Å². The molecule has 2 aliphatic heterocycles. The van der Waals surface area contributed by atoms with Crippen molar-refractivity contribution in [2.75, 3.05) is 39.7 Å². The van der Waals surface area contributed by atoms with Crippen LogP contribution in [0.5, 0.6) is 11.5 Å². The lowest BCUT2D eigenvalue weighted by atomic mass is 9.74. The zero-order chi connectivity index (χ0) is 58.0. The van der Waals surface area contributed by atoms with E-state index in [9.17, 15) is 43.4 Å². The van der Waals surface area contributed by atoms with E-state index in [0.29, 0.717) is 56.6 Å². The molecule has 434 valence electrons. The molecule has 1 saturated carbocycles. The second-order valence-corrected chi connectivity index (χ2v) is 22.2. The van der Waals surface area contributed by atoms with Crippen LogP contribution < -0.4 is 20.1 Å². The molecule has 3 aliphatic rings. The standard InChI is InChI=1S/C56H71N4O18PS/c1-35(61)73-49-50(74-36(2)62)52(76-38(4)64)54(53(77-39(5)65)51(49)75-37(3)63)78-79(68,72-33-17-30-57)71-32-16-9-8-15-31-58-47(66)21-14-13-20-46-48-45(34-80-46)60(55(67)59-48)56(40-18-11-10-12-19-40,41-22-26-43(69-6)27-23-41)42-24-28-44(70-7)29-25-42/h10-12,18-19,22-29,45-46,48-54H,8-9,13-17,20-21,31-34H2,1-7H3,(H,58,66)(H,59,67)/t45-,46-,48-,49?,50-,51+,52+,53+,54?,79?/m0/s1. The molecule has 2 N–H and O–H groups in total. The van der Waals surface area contributed by atoms with E-state index in [2.05, 4.69) is 22.8 Å². The number of urea groups is 1. The maximum atomic E-state index is 14.5. The summed E-state index contributed by atoms with van der Waals surface area (Å²) in [5.41, 5.74) is 1.76. The van der Waals surface area contributed by atoms with Crippen molar-refractivity contribution in [1.82, 2.24) is 15.5 Å². The Bertz CT molecular complexity index is 2600. The van der Waals surface area contributed by atoms with E-state index >= 15 is 0 Å². The first-order chi connectivity index (χ1) is 38.3. The first-order valence-electron chi connectivity index (χ1n) is 26.5. The largest absolute Gasteiger partial charge is 0.497 e. The first kappa shape index (κ1) is 62.5. The van der Waals surface area contributed by atoms with Gasteiger partial charge < -0.3 is 48.7 Å². The van der Waals surface area contributed by atoms with Gasteiger partial charge in [0.1, 0.15) is 17.0 Å². The molecule has 24 heteroatoms. The number of hydrogen-bond acceptors (Lipinski definition) is 20. The van der Waals surface area contributed by atoms with Crippen molar-refractivity contribution < 1.29 is 84.9 Å². The summed E-state index contributed by atoms with van der Waals surface area (Å²) in [6.45, 7) is 4.73. The lowest BCUT2D eigenvalue weighted by Crippen LogP contribution is -2.68. The summed E-state index contributed by atoms with van der Waals surface area (Å²) in [5.74, 6) is -2.76. The number of methoxy groups -OCH3 is 2. The van der Waals surface area contributed by atoms with Crippen molar-refractivity contribution in [2.24, 2.45) is 0 Å². The number of benzene rings is 3. The maximum Gasteiger partial charge on any atom is 0.475 e. The molecule has 3 unspecified atom stereocenters. The van der Waals surface area contributed by atoms with Crippen LogP contribution in [0.25, 0.3) is 0 Å². The number of nitriles is 1. The summed E-state index contributed by atoms with van der Waals surface area (Å²) >= 11 is 1.84. The number of rotatable bonds is 29. The molecule has 3 fully saturated rings. The molecule has 22 nitrogen and oxygen atoms in total. The smallest absolute Gasteiger partial charge is 0.475 e. The topological polar surface area (TPSA) is 280 Å². The van der Waals surface area contributed by atoms with Crippen LogP contribution in [0.15, 0.2) is 78.9 Å². The van der Waals surface area contributed by atoms with E-state index in [1.807, 2.05) is 89.5 Å². The van der Waals surface area contributed by atoms with Crippen LogP contribution in [-0.2, 0) is 76.1 Å². The van der Waals surface area contributed by atoms with E-state index in [1.165, 1.54) is 0 Å². The van der Waals surface area contributed by atoms with Gasteiger partial charge in [-0.15, -0.1) is 0 Å². The third-order valence-corrected chi connectivity index (χ3v) is 16.6. The molecule has 3 aromatic rings. The predicted molar refractivity (Wildman–Crippen MR) is 289 cm³/mol. The van der Waals surface area contributed by atoms with Gasteiger partial charge in [0.25, 0.3) is 0 Å². The van der Waals surface area contributed by atoms with E-state index in [4.69, 9.17) is 46.7 Å². The predicted octanol–water partition coefficient (Wildman–Crippen LogP) is 7.22. The highest BCUT2D eigenvalue weighted by atomic mass is 32.2. The lowest BCUT2D eigenvalue weighted by molar-refractivity contribution is -0.253. The zero-order valence-corrected chi connectivity index (χ0v) is 47.7. The second-order valence-electron chi connectivity index (χ2n) is 19.3. The van der Waals surface area contributed by atoms with Crippen LogP contribution in [0.3, 0.4) is 0 Å². The van der Waals surface area contributed by atoms with Gasteiger partial charge in [-0.05, 0) is 66.6 Å². The number of nitrogens with zero attached hydrogens (tertiary/aromatic N) is 2. The summed E-state index contributed by atoms with van der Waals surface area (Å²) in [4.78, 5) is 91.6. The number of hydrogen-bond donors (Lipinski definition) is 2. The Morgan fingerprint density at radius 3 is 1.61 bits per heavy atom. The molecule has 2 heterocycles. The van der Waals surface area contributed by atoms with Crippen LogP contribution in [-0.4, -0.2) is 140 Å². The zero-order valence-electron chi connectivity index (χ0n) is 46.0. The minimum absolute atomic E-state index is 0.0854. The van der Waals surface area contributed by atoms with Crippen molar-refractivity contribution in [2.45, 2.75) is 152 Å². The van der Waals surface area contributed by atoms with Crippen LogP contribution in [0.2, 0.25) is 0 Å². The van der Waals surface area contributed by atoms with Crippen molar-refractivity contribution in [3.8, 4) is 17.6 Å². The Morgan fingerprint density at radius 2 is 1.12 bits per heavy atom. The van der Waals surface area contributed by atoms with Gasteiger partial charge in [-0.1, -0.05) is 73.9 Å². The third-order valence-electron chi connectivity index (χ3n) is 13.7. The minimum atomic E-state index is -4.81. The van der Waals surface area contributed by atoms with Gasteiger partial charge in [-0.25, -0.2) is 9.36 Å². The number of unbranched alkanes of at least 4 members (excludes halogenated alkanes) is 4. The van der Waals surface area contributed by atoms with E-state index in [1.54, 1.807) is 14.2 Å². The van der Waals surface area contributed by atoms with Gasteiger partial charge in [-0.3, -0.25) is 42.3 Å². The SMILES string of the molecule is COc1ccc(C(c2ccccc2)(c2ccc(OC)cc2)N2C(=O)N[C@@H]3[C@H](CCCCC(=O)NCCCCCCOP(=O)(OCCC#N)OC4[C@H](OC(C)=O)[C@H](OC(C)=O)C(OC(C)=O)[C@H](OC(C)=O)[C@H]4OC(C)=O)SC[C@@H]32)cc1. The molecule has 0 spiro atoms. The van der Waals surface area contributed by atoms with Gasteiger partial charge >= 0.3 is 43.7 Å². The molecule has 10 atom stereocenters. The van der Waals surface area contributed by atoms with Crippen LogP contribution in [0.1, 0.15) is 109 Å². The summed E-state index contributed by atoms with van der Waals surface area (Å²) < 4.78 is 69.8. The number of thioether (sulfide) groups is 1. The summed E-state index contributed by atoms with van der Waals surface area (Å²) in [6, 6.07) is 27.2. The number of esters is 5. The van der Waals surface area contributed by atoms with Crippen molar-refractivity contribution in [3.63, 3.8) is 0 Å². The highest BCUT2D eigenvalue weighted by Crippen LogP contribution is 2.54. The molecular formula is C56H71N4O18PS. The number of amides is 3. The number of nitrogens with one attached hydrogen (secondary N) is 2. The molecular weight excluding hydrogens is 1080 g/mol. The van der Waals surface area contributed by atoms with Gasteiger partial charge in [-0.2, -0.15) is 17.0 Å². The summed E-state index contributed by atoms with van der Waals surface area (Å²) in [6.07, 6.45) is -6.41. The lowest BCUT2D eigenvalue weighted by Gasteiger charge is -2.47. The molecule has 0 bridgehead atoms. The molecule has 0 radical (unpaired) electrons. The van der Waals surface area contributed by atoms with Crippen LogP contribution in [0.4, 0.5) is 4.79 Å². The number of carbonyl (C=O) groups is 7. The number of phosphoric acid groups is 1. The highest BCUT2D eigenvalue weighted by molar-refractivity contribution is 8.00. The van der Waals surface area contributed by atoms with Crippen molar-refractivity contribution >= 4 is 61.4 Å². The molecule has 80 heavy (non-hydrogen) atoms. The monoisotopic (exact) mass is 1150 g/mol. The number of fused-ring (bicyclic) bond motifs is 1. The van der Waals surface area contributed by atoms with Crippen LogP contribution >= 0.6 is 19.6 Å². The quantitative estimate of drug-likeness (QED) is 0.0173. The number of carbonyl (C=O) groups excluding carboxylic acids is 7. The Kier molecular flexibility index (Phi) is 23.2. The normalized spacial score (nSPS) is 23.0. The Morgan fingerprint density at radius 1 is 0.650 bits per heavy atom.